The van der Waals surface area contributed by atoms with Gasteiger partial charge in [0.25, 0.3) is 0 Å². The molecule has 2 atom stereocenters. The molecule has 2 unspecified atom stereocenters. The normalized spacial score (nSPS) is 44.7. The highest BCUT2D eigenvalue weighted by Gasteiger charge is 2.49. The summed E-state index contributed by atoms with van der Waals surface area (Å²) in [5.74, 6) is 0. The molecule has 0 spiro atoms. The summed E-state index contributed by atoms with van der Waals surface area (Å²) in [6, 6.07) is 0.451. The number of nitrogens with one attached hydrogen (secondary N) is 1. The molecule has 1 N–H and O–H groups in total. The third-order valence-corrected chi connectivity index (χ3v) is 3.28. The average Bonchev–Trinajstić information content (AvgIpc) is 2.53. The summed E-state index contributed by atoms with van der Waals surface area (Å²) in [4.78, 5) is 2.28. The molecule has 2 nitrogen and oxygen atoms in total. The summed E-state index contributed by atoms with van der Waals surface area (Å²) >= 11 is 0. The molecule has 0 aromatic carbocycles. The van der Waals surface area contributed by atoms with Crippen molar-refractivity contribution in [1.29, 1.82) is 0 Å². The molecule has 11 heavy (non-hydrogen) atoms. The Kier molecular flexibility index (Phi) is 1.65. The predicted molar refractivity (Wildman–Crippen MR) is 42.3 cm³/mol. The fraction of sp³-hybridized carbons (Fsp3) is 1.00. The van der Waals surface area contributed by atoms with Crippen LogP contribution in [0.1, 0.15) is 6.42 Å². The minimum Gasteiger partial charge on any atom is -0.314 e. The zero-order valence-electron chi connectivity index (χ0n) is 6.94. The Bertz CT molecular complexity index is 162. The first-order chi connectivity index (χ1) is 5.28. The second-order valence-electron chi connectivity index (χ2n) is 3.87. The van der Waals surface area contributed by atoms with E-state index >= 15 is 0 Å². The van der Waals surface area contributed by atoms with Crippen LogP contribution in [0.25, 0.3) is 0 Å². The number of hydrogen-bond donors (Lipinski definition) is 1. The topological polar surface area (TPSA) is 15.3 Å². The molecule has 0 aromatic rings. The Morgan fingerprint density at radius 3 is 3.18 bits per heavy atom. The number of likely N-dealkylation sites (tertiary alicyclic amines) is 1. The number of rotatable bonds is 1. The maximum absolute atomic E-state index is 12.8. The molecule has 0 aliphatic carbocycles. The summed E-state index contributed by atoms with van der Waals surface area (Å²) in [6.45, 7) is 2.75. The lowest BCUT2D eigenvalue weighted by atomic mass is 9.85. The largest absolute Gasteiger partial charge is 0.314 e. The zero-order chi connectivity index (χ0) is 7.90. The van der Waals surface area contributed by atoms with Crippen molar-refractivity contribution in [3.63, 3.8) is 0 Å². The quantitative estimate of drug-likeness (QED) is 0.588. The van der Waals surface area contributed by atoms with Crippen LogP contribution in [-0.2, 0) is 0 Å². The van der Waals surface area contributed by atoms with Gasteiger partial charge in [0, 0.05) is 24.5 Å². The molecule has 2 aliphatic rings. The Morgan fingerprint density at radius 1 is 1.73 bits per heavy atom. The molecule has 0 amide bonds. The van der Waals surface area contributed by atoms with Gasteiger partial charge in [0.15, 0.2) is 0 Å². The van der Waals surface area contributed by atoms with E-state index in [0.717, 1.165) is 26.1 Å². The van der Waals surface area contributed by atoms with Crippen LogP contribution >= 0.6 is 0 Å². The van der Waals surface area contributed by atoms with Crippen LogP contribution in [0.3, 0.4) is 0 Å². The van der Waals surface area contributed by atoms with Crippen molar-refractivity contribution in [2.45, 2.75) is 12.5 Å². The number of hydrogen-bond acceptors (Lipinski definition) is 2. The van der Waals surface area contributed by atoms with E-state index in [4.69, 9.17) is 0 Å². The Labute approximate surface area is 66.8 Å². The van der Waals surface area contributed by atoms with Crippen molar-refractivity contribution in [2.24, 2.45) is 5.41 Å². The summed E-state index contributed by atoms with van der Waals surface area (Å²) < 4.78 is 12.8. The number of halogens is 1. The molecular formula is C8H15FN2. The lowest BCUT2D eigenvalue weighted by Gasteiger charge is -2.26. The molecule has 2 aliphatic heterocycles. The molecule has 0 radical (unpaired) electrons. The van der Waals surface area contributed by atoms with Gasteiger partial charge in [0.05, 0.1) is 6.67 Å². The molecule has 2 heterocycles. The molecule has 0 aromatic heterocycles. The Balaban J connectivity index is 2.18. The van der Waals surface area contributed by atoms with E-state index in [1.807, 2.05) is 0 Å². The predicted octanol–water partition coefficient (Wildman–Crippen LogP) is 0.250. The van der Waals surface area contributed by atoms with Crippen LogP contribution in [0.5, 0.6) is 0 Å². The van der Waals surface area contributed by atoms with Gasteiger partial charge in [0.2, 0.25) is 0 Å². The third kappa shape index (κ3) is 0.908. The van der Waals surface area contributed by atoms with Crippen molar-refractivity contribution < 1.29 is 4.39 Å². The van der Waals surface area contributed by atoms with Gasteiger partial charge in [0.1, 0.15) is 0 Å². The second kappa shape index (κ2) is 2.42. The van der Waals surface area contributed by atoms with E-state index in [0.29, 0.717) is 6.04 Å². The molecule has 3 heteroatoms. The molecule has 64 valence electrons. The number of alkyl halides is 1. The summed E-state index contributed by atoms with van der Waals surface area (Å²) in [5.41, 5.74) is -0.0330. The van der Waals surface area contributed by atoms with Crippen LogP contribution < -0.4 is 5.32 Å². The van der Waals surface area contributed by atoms with Crippen molar-refractivity contribution >= 4 is 0 Å². The van der Waals surface area contributed by atoms with E-state index in [-0.39, 0.29) is 12.1 Å². The summed E-state index contributed by atoms with van der Waals surface area (Å²) in [5, 5.41) is 3.26. The summed E-state index contributed by atoms with van der Waals surface area (Å²) in [7, 11) is 2.09. The lowest BCUT2D eigenvalue weighted by molar-refractivity contribution is 0.184. The van der Waals surface area contributed by atoms with E-state index in [9.17, 15) is 4.39 Å². The fourth-order valence-electron chi connectivity index (χ4n) is 2.43. The molecule has 2 saturated heterocycles. The first-order valence-electron chi connectivity index (χ1n) is 4.25. The van der Waals surface area contributed by atoms with Gasteiger partial charge >= 0.3 is 0 Å². The molecule has 2 fully saturated rings. The van der Waals surface area contributed by atoms with Crippen molar-refractivity contribution in [3.05, 3.63) is 0 Å². The molecular weight excluding hydrogens is 143 g/mol. The van der Waals surface area contributed by atoms with E-state index < -0.39 is 0 Å². The molecule has 0 saturated carbocycles. The number of nitrogens with zero attached hydrogens (tertiary/aromatic N) is 1. The number of likely N-dealkylation sites (N-methyl/N-ethyl adjacent to an activating group) is 1. The van der Waals surface area contributed by atoms with Crippen LogP contribution in [0.15, 0.2) is 0 Å². The van der Waals surface area contributed by atoms with E-state index in [1.165, 1.54) is 0 Å². The first kappa shape index (κ1) is 7.50. The molecule has 0 bridgehead atoms. The minimum absolute atomic E-state index is 0.0330. The van der Waals surface area contributed by atoms with Crippen molar-refractivity contribution in [3.8, 4) is 0 Å². The highest BCUT2D eigenvalue weighted by molar-refractivity contribution is 5.04. The molecule has 2 rings (SSSR count). The van der Waals surface area contributed by atoms with Crippen LogP contribution in [0.2, 0.25) is 0 Å². The smallest absolute Gasteiger partial charge is 0.0978 e. The zero-order valence-corrected chi connectivity index (χ0v) is 6.94. The van der Waals surface area contributed by atoms with Gasteiger partial charge in [-0.15, -0.1) is 0 Å². The minimum atomic E-state index is -0.158. The summed E-state index contributed by atoms with van der Waals surface area (Å²) in [6.07, 6.45) is 1.03. The average molecular weight is 158 g/mol. The van der Waals surface area contributed by atoms with Crippen LogP contribution in [0.4, 0.5) is 4.39 Å². The maximum Gasteiger partial charge on any atom is 0.0978 e. The monoisotopic (exact) mass is 158 g/mol. The van der Waals surface area contributed by atoms with Gasteiger partial charge in [-0.25, -0.2) is 0 Å². The standard InChI is InChI=1S/C8H15FN2/c1-11-3-2-8(5-9)6-10-4-7(8)11/h7,10H,2-6H2,1H3. The highest BCUT2D eigenvalue weighted by atomic mass is 19.1. The SMILES string of the molecule is CN1CCC2(CF)CNCC12. The first-order valence-corrected chi connectivity index (χ1v) is 4.25. The van der Waals surface area contributed by atoms with E-state index in [1.54, 1.807) is 0 Å². The Morgan fingerprint density at radius 2 is 2.55 bits per heavy atom. The second-order valence-corrected chi connectivity index (χ2v) is 3.87. The maximum atomic E-state index is 12.8. The van der Waals surface area contributed by atoms with Gasteiger partial charge in [-0.2, -0.15) is 0 Å². The van der Waals surface area contributed by atoms with Gasteiger partial charge in [-0.05, 0) is 20.0 Å². The van der Waals surface area contributed by atoms with Crippen molar-refractivity contribution in [1.82, 2.24) is 10.2 Å². The number of fused-ring (bicyclic) bond motifs is 1. The third-order valence-electron chi connectivity index (χ3n) is 3.28. The van der Waals surface area contributed by atoms with Crippen molar-refractivity contribution in [2.75, 3.05) is 33.4 Å². The van der Waals surface area contributed by atoms with Gasteiger partial charge < -0.3 is 10.2 Å². The Hall–Kier alpha value is -0.150. The van der Waals surface area contributed by atoms with Crippen LogP contribution in [0, 0.1) is 5.41 Å². The van der Waals surface area contributed by atoms with Crippen LogP contribution in [-0.4, -0.2) is 44.3 Å². The van der Waals surface area contributed by atoms with E-state index in [2.05, 4.69) is 17.3 Å². The highest BCUT2D eigenvalue weighted by Crippen LogP contribution is 2.38. The lowest BCUT2D eigenvalue weighted by Crippen LogP contribution is -2.37. The fourth-order valence-corrected chi connectivity index (χ4v) is 2.43. The van der Waals surface area contributed by atoms with Gasteiger partial charge in [-0.3, -0.25) is 4.39 Å². The van der Waals surface area contributed by atoms with Gasteiger partial charge in [-0.1, -0.05) is 0 Å².